The lowest BCUT2D eigenvalue weighted by Crippen LogP contribution is -2.35. The van der Waals surface area contributed by atoms with Gasteiger partial charge >= 0.3 is 8.56 Å². The van der Waals surface area contributed by atoms with E-state index in [0.717, 1.165) is 12.5 Å². The molecule has 4 heteroatoms. The van der Waals surface area contributed by atoms with Gasteiger partial charge in [0.05, 0.1) is 0 Å². The van der Waals surface area contributed by atoms with E-state index < -0.39 is 8.56 Å². The molecular weight excluding hydrogens is 146 g/mol. The van der Waals surface area contributed by atoms with Crippen LogP contribution in [0.15, 0.2) is 0 Å². The van der Waals surface area contributed by atoms with Crippen molar-refractivity contribution in [3.05, 3.63) is 0 Å². The van der Waals surface area contributed by atoms with Crippen LogP contribution in [-0.2, 0) is 8.85 Å². The first kappa shape index (κ1) is 12.7. The van der Waals surface area contributed by atoms with Gasteiger partial charge in [-0.25, -0.2) is 0 Å². The molecule has 0 heterocycles. The average molecular weight is 165 g/mol. The summed E-state index contributed by atoms with van der Waals surface area (Å²) in [5.74, 6) is 0. The van der Waals surface area contributed by atoms with Crippen LogP contribution in [0, 0.1) is 0 Å². The fourth-order valence-electron chi connectivity index (χ4n) is 0.742. The number of rotatable bonds is 4. The van der Waals surface area contributed by atoms with Crippen molar-refractivity contribution >= 4 is 8.56 Å². The lowest BCUT2D eigenvalue weighted by Gasteiger charge is -2.21. The molecule has 0 aliphatic rings. The van der Waals surface area contributed by atoms with E-state index in [0.29, 0.717) is 0 Å². The normalized spacial score (nSPS) is 10.8. The van der Waals surface area contributed by atoms with Crippen LogP contribution in [0.1, 0.15) is 13.3 Å². The van der Waals surface area contributed by atoms with Crippen molar-refractivity contribution in [2.75, 3.05) is 14.2 Å². The molecular formula is C6H19NO2Si. The SMILES string of the molecule is CCC[Si](C)(OC)OC.N. The van der Waals surface area contributed by atoms with Gasteiger partial charge in [-0.3, -0.25) is 0 Å². The molecule has 0 aliphatic carbocycles. The summed E-state index contributed by atoms with van der Waals surface area (Å²) in [6, 6.07) is 1.08. The first-order valence-electron chi connectivity index (χ1n) is 3.29. The summed E-state index contributed by atoms with van der Waals surface area (Å²) in [5.41, 5.74) is 0. The van der Waals surface area contributed by atoms with Gasteiger partial charge in [0.2, 0.25) is 0 Å². The topological polar surface area (TPSA) is 53.5 Å². The van der Waals surface area contributed by atoms with E-state index in [-0.39, 0.29) is 6.15 Å². The van der Waals surface area contributed by atoms with E-state index in [1.54, 1.807) is 14.2 Å². The molecule has 3 N–H and O–H groups in total. The number of hydrogen-bond acceptors (Lipinski definition) is 3. The molecule has 0 aromatic carbocycles. The molecule has 0 saturated heterocycles. The maximum atomic E-state index is 5.24. The summed E-state index contributed by atoms with van der Waals surface area (Å²) in [6.07, 6.45) is 1.14. The van der Waals surface area contributed by atoms with Crippen LogP contribution in [0.4, 0.5) is 0 Å². The molecule has 0 unspecified atom stereocenters. The maximum absolute atomic E-state index is 5.24. The van der Waals surface area contributed by atoms with Crippen LogP contribution in [0.5, 0.6) is 0 Å². The number of hydrogen-bond donors (Lipinski definition) is 1. The van der Waals surface area contributed by atoms with E-state index in [1.807, 2.05) is 0 Å². The van der Waals surface area contributed by atoms with Crippen molar-refractivity contribution in [1.29, 1.82) is 0 Å². The van der Waals surface area contributed by atoms with Gasteiger partial charge in [-0.15, -0.1) is 0 Å². The van der Waals surface area contributed by atoms with Crippen LogP contribution in [-0.4, -0.2) is 22.8 Å². The van der Waals surface area contributed by atoms with Crippen molar-refractivity contribution < 1.29 is 8.85 Å². The van der Waals surface area contributed by atoms with Crippen molar-refractivity contribution in [2.24, 2.45) is 0 Å². The zero-order valence-corrected chi connectivity index (χ0v) is 8.44. The van der Waals surface area contributed by atoms with Gasteiger partial charge in [0.15, 0.2) is 0 Å². The highest BCUT2D eigenvalue weighted by atomic mass is 28.4. The lowest BCUT2D eigenvalue weighted by molar-refractivity contribution is 0.249. The molecule has 0 radical (unpaired) electrons. The molecule has 0 bridgehead atoms. The average Bonchev–Trinajstić information content (AvgIpc) is 1.89. The molecule has 0 amide bonds. The van der Waals surface area contributed by atoms with Crippen LogP contribution in [0.3, 0.4) is 0 Å². The standard InChI is InChI=1S/C6H16O2Si.H3N/c1-5-6-9(4,7-2)8-3;/h5-6H2,1-4H3;1H3. The minimum Gasteiger partial charge on any atom is -0.398 e. The predicted octanol–water partition coefficient (Wildman–Crippen LogP) is 1.92. The second-order valence-electron chi connectivity index (χ2n) is 2.29. The zero-order chi connectivity index (χ0) is 7.33. The van der Waals surface area contributed by atoms with Crippen molar-refractivity contribution in [3.8, 4) is 0 Å². The molecule has 0 fully saturated rings. The van der Waals surface area contributed by atoms with Crippen molar-refractivity contribution in [3.63, 3.8) is 0 Å². The summed E-state index contributed by atoms with van der Waals surface area (Å²) in [5, 5.41) is 0. The van der Waals surface area contributed by atoms with Crippen LogP contribution in [0.25, 0.3) is 0 Å². The quantitative estimate of drug-likeness (QED) is 0.647. The highest BCUT2D eigenvalue weighted by molar-refractivity contribution is 6.65. The van der Waals surface area contributed by atoms with Crippen LogP contribution < -0.4 is 6.15 Å². The molecule has 0 aromatic heterocycles. The van der Waals surface area contributed by atoms with E-state index in [4.69, 9.17) is 8.85 Å². The molecule has 64 valence electrons. The third-order valence-electron chi connectivity index (χ3n) is 1.57. The maximum Gasteiger partial charge on any atom is 0.334 e. The Bertz CT molecular complexity index is 76.1. The summed E-state index contributed by atoms with van der Waals surface area (Å²) in [4.78, 5) is 0. The fraction of sp³-hybridized carbons (Fsp3) is 1.00. The Morgan fingerprint density at radius 2 is 1.60 bits per heavy atom. The van der Waals surface area contributed by atoms with Crippen molar-refractivity contribution in [1.82, 2.24) is 6.15 Å². The van der Waals surface area contributed by atoms with Gasteiger partial charge in [0.25, 0.3) is 0 Å². The Morgan fingerprint density at radius 1 is 1.20 bits per heavy atom. The van der Waals surface area contributed by atoms with E-state index in [9.17, 15) is 0 Å². The minimum atomic E-state index is -1.70. The van der Waals surface area contributed by atoms with Gasteiger partial charge in [0, 0.05) is 14.2 Å². The lowest BCUT2D eigenvalue weighted by atomic mass is 10.6. The first-order valence-corrected chi connectivity index (χ1v) is 5.81. The molecule has 10 heavy (non-hydrogen) atoms. The third-order valence-corrected chi connectivity index (χ3v) is 4.70. The Morgan fingerprint density at radius 3 is 1.70 bits per heavy atom. The molecule has 0 rings (SSSR count). The molecule has 0 saturated carbocycles. The smallest absolute Gasteiger partial charge is 0.334 e. The largest absolute Gasteiger partial charge is 0.398 e. The van der Waals surface area contributed by atoms with Gasteiger partial charge in [-0.05, 0) is 12.6 Å². The highest BCUT2D eigenvalue weighted by Crippen LogP contribution is 2.12. The monoisotopic (exact) mass is 165 g/mol. The highest BCUT2D eigenvalue weighted by Gasteiger charge is 2.26. The second-order valence-corrected chi connectivity index (χ2v) is 5.88. The Kier molecular flexibility index (Phi) is 7.46. The zero-order valence-electron chi connectivity index (χ0n) is 7.44. The van der Waals surface area contributed by atoms with Crippen LogP contribution >= 0.6 is 0 Å². The molecule has 0 aromatic rings. The van der Waals surface area contributed by atoms with Gasteiger partial charge in [0.1, 0.15) is 0 Å². The Hall–Kier alpha value is 0.0969. The third kappa shape index (κ3) is 4.00. The summed E-state index contributed by atoms with van der Waals surface area (Å²) < 4.78 is 10.5. The van der Waals surface area contributed by atoms with E-state index in [2.05, 4.69) is 13.5 Å². The predicted molar refractivity (Wildman–Crippen MR) is 45.8 cm³/mol. The van der Waals surface area contributed by atoms with Gasteiger partial charge < -0.3 is 15.0 Å². The Labute approximate surface area is 64.6 Å². The van der Waals surface area contributed by atoms with Crippen LogP contribution in [0.2, 0.25) is 12.6 Å². The van der Waals surface area contributed by atoms with E-state index in [1.165, 1.54) is 0 Å². The summed E-state index contributed by atoms with van der Waals surface area (Å²) >= 11 is 0. The fourth-order valence-corrected chi connectivity index (χ4v) is 2.22. The minimum absolute atomic E-state index is 0. The summed E-state index contributed by atoms with van der Waals surface area (Å²) in [7, 11) is 1.76. The second kappa shape index (κ2) is 5.85. The molecule has 3 nitrogen and oxygen atoms in total. The van der Waals surface area contributed by atoms with Gasteiger partial charge in [-0.2, -0.15) is 0 Å². The van der Waals surface area contributed by atoms with Crippen molar-refractivity contribution in [2.45, 2.75) is 25.9 Å². The molecule has 0 atom stereocenters. The summed E-state index contributed by atoms with van der Waals surface area (Å²) in [6.45, 7) is 4.22. The first-order chi connectivity index (χ1) is 4.18. The molecule has 0 aliphatic heterocycles. The Balaban J connectivity index is 0. The van der Waals surface area contributed by atoms with Gasteiger partial charge in [-0.1, -0.05) is 13.3 Å². The molecule has 0 spiro atoms. The van der Waals surface area contributed by atoms with E-state index >= 15 is 0 Å².